The Labute approximate surface area is 103 Å². The van der Waals surface area contributed by atoms with Crippen LogP contribution in [0.5, 0.6) is 0 Å². The van der Waals surface area contributed by atoms with E-state index in [4.69, 9.17) is 5.73 Å². The number of rotatable bonds is 2. The van der Waals surface area contributed by atoms with E-state index >= 15 is 0 Å². The second-order valence-corrected chi connectivity index (χ2v) is 4.85. The Bertz CT molecular complexity index is 509. The van der Waals surface area contributed by atoms with E-state index in [-0.39, 0.29) is 11.3 Å². The van der Waals surface area contributed by atoms with Crippen molar-refractivity contribution in [2.75, 3.05) is 5.73 Å². The molecular weight excluding hydrogens is 241 g/mol. The van der Waals surface area contributed by atoms with Gasteiger partial charge in [0.2, 0.25) is 0 Å². The summed E-state index contributed by atoms with van der Waals surface area (Å²) >= 11 is 0. The average Bonchev–Trinajstić information content (AvgIpc) is 2.18. The van der Waals surface area contributed by atoms with Gasteiger partial charge in [-0.15, -0.1) is 0 Å². The van der Waals surface area contributed by atoms with Crippen molar-refractivity contribution >= 4 is 17.3 Å². The number of benzene rings is 1. The topological polar surface area (TPSA) is 98.3 Å². The lowest BCUT2D eigenvalue weighted by molar-refractivity contribution is -0.385. The summed E-state index contributed by atoms with van der Waals surface area (Å²) in [6, 6.07) is 1.61. The number of anilines is 1. The zero-order chi connectivity index (χ0) is 14.1. The van der Waals surface area contributed by atoms with Gasteiger partial charge < -0.3 is 11.1 Å². The van der Waals surface area contributed by atoms with E-state index in [2.05, 4.69) is 5.32 Å². The van der Waals surface area contributed by atoms with E-state index in [0.29, 0.717) is 6.07 Å². The molecule has 18 heavy (non-hydrogen) atoms. The van der Waals surface area contributed by atoms with Gasteiger partial charge >= 0.3 is 0 Å². The van der Waals surface area contributed by atoms with Crippen LogP contribution in [-0.4, -0.2) is 16.4 Å². The molecule has 1 aromatic rings. The minimum atomic E-state index is -0.922. The Morgan fingerprint density at radius 1 is 1.44 bits per heavy atom. The van der Waals surface area contributed by atoms with Gasteiger partial charge in [-0.1, -0.05) is 0 Å². The highest BCUT2D eigenvalue weighted by Crippen LogP contribution is 2.24. The van der Waals surface area contributed by atoms with Crippen LogP contribution >= 0.6 is 0 Å². The van der Waals surface area contributed by atoms with Crippen molar-refractivity contribution < 1.29 is 14.1 Å². The van der Waals surface area contributed by atoms with Crippen LogP contribution in [0.25, 0.3) is 0 Å². The number of nitrogens with two attached hydrogens (primary N) is 1. The fourth-order valence-electron chi connectivity index (χ4n) is 1.32. The number of hydrogen-bond donors (Lipinski definition) is 2. The summed E-state index contributed by atoms with van der Waals surface area (Å²) in [4.78, 5) is 21.8. The van der Waals surface area contributed by atoms with Gasteiger partial charge in [0, 0.05) is 5.54 Å². The van der Waals surface area contributed by atoms with Gasteiger partial charge in [0.25, 0.3) is 11.6 Å². The van der Waals surface area contributed by atoms with E-state index in [1.165, 1.54) is 0 Å². The molecule has 0 aliphatic rings. The third kappa shape index (κ3) is 3.16. The summed E-state index contributed by atoms with van der Waals surface area (Å²) < 4.78 is 13.2. The molecule has 6 nitrogen and oxygen atoms in total. The average molecular weight is 255 g/mol. The highest BCUT2D eigenvalue weighted by atomic mass is 19.1. The summed E-state index contributed by atoms with van der Waals surface area (Å²) in [6.45, 7) is 5.18. The lowest BCUT2D eigenvalue weighted by atomic mass is 10.1. The van der Waals surface area contributed by atoms with E-state index in [1.54, 1.807) is 20.8 Å². The van der Waals surface area contributed by atoms with Crippen molar-refractivity contribution in [3.63, 3.8) is 0 Å². The molecule has 0 aromatic heterocycles. The molecule has 7 heteroatoms. The van der Waals surface area contributed by atoms with E-state index < -0.39 is 27.9 Å². The SMILES string of the molecule is CC(C)(C)NC(=O)c1cc(N)c(F)cc1[N+](=O)[O-]. The molecule has 1 aromatic carbocycles. The standard InChI is InChI=1S/C11H14FN3O3/c1-11(2,3)14-10(16)6-4-8(13)7(12)5-9(6)15(17)18/h4-5H,13H2,1-3H3,(H,14,16). The molecule has 0 fully saturated rings. The van der Waals surface area contributed by atoms with Crippen molar-refractivity contribution in [1.82, 2.24) is 5.32 Å². The Morgan fingerprint density at radius 2 is 2.00 bits per heavy atom. The highest BCUT2D eigenvalue weighted by Gasteiger charge is 2.25. The van der Waals surface area contributed by atoms with Crippen LogP contribution in [0.15, 0.2) is 12.1 Å². The Hall–Kier alpha value is -2.18. The van der Waals surface area contributed by atoms with Gasteiger partial charge in [-0.05, 0) is 26.8 Å². The van der Waals surface area contributed by atoms with E-state index in [0.717, 1.165) is 6.07 Å². The van der Waals surface area contributed by atoms with E-state index in [9.17, 15) is 19.3 Å². The molecule has 0 aliphatic heterocycles. The van der Waals surface area contributed by atoms with Crippen LogP contribution < -0.4 is 11.1 Å². The monoisotopic (exact) mass is 255 g/mol. The third-order valence-electron chi connectivity index (χ3n) is 2.04. The van der Waals surface area contributed by atoms with Crippen LogP contribution in [0, 0.1) is 15.9 Å². The molecule has 1 amide bonds. The molecule has 0 saturated carbocycles. The Morgan fingerprint density at radius 3 is 2.44 bits per heavy atom. The van der Waals surface area contributed by atoms with Gasteiger partial charge in [0.15, 0.2) is 5.82 Å². The minimum Gasteiger partial charge on any atom is -0.396 e. The number of nitrogens with zero attached hydrogens (tertiary/aromatic N) is 1. The first-order valence-electron chi connectivity index (χ1n) is 5.18. The summed E-state index contributed by atoms with van der Waals surface area (Å²) in [5, 5.41) is 13.3. The second-order valence-electron chi connectivity index (χ2n) is 4.85. The Balaban J connectivity index is 3.26. The highest BCUT2D eigenvalue weighted by molar-refractivity contribution is 5.99. The summed E-state index contributed by atoms with van der Waals surface area (Å²) in [6.07, 6.45) is 0. The summed E-state index contributed by atoms with van der Waals surface area (Å²) in [5.74, 6) is -1.59. The van der Waals surface area contributed by atoms with Crippen molar-refractivity contribution in [3.8, 4) is 0 Å². The largest absolute Gasteiger partial charge is 0.396 e. The molecule has 0 heterocycles. The van der Waals surface area contributed by atoms with Crippen molar-refractivity contribution in [3.05, 3.63) is 33.6 Å². The van der Waals surface area contributed by atoms with Crippen molar-refractivity contribution in [2.45, 2.75) is 26.3 Å². The number of carbonyl (C=O) groups excluding carboxylic acids is 1. The zero-order valence-corrected chi connectivity index (χ0v) is 10.3. The molecule has 0 radical (unpaired) electrons. The molecular formula is C11H14FN3O3. The molecule has 0 atom stereocenters. The van der Waals surface area contributed by atoms with Gasteiger partial charge in [-0.3, -0.25) is 14.9 Å². The van der Waals surface area contributed by atoms with Gasteiger partial charge in [-0.2, -0.15) is 0 Å². The molecule has 0 saturated heterocycles. The quantitative estimate of drug-likeness (QED) is 0.478. The molecule has 98 valence electrons. The van der Waals surface area contributed by atoms with Gasteiger partial charge in [-0.25, -0.2) is 4.39 Å². The number of hydrogen-bond acceptors (Lipinski definition) is 4. The third-order valence-corrected chi connectivity index (χ3v) is 2.04. The first kappa shape index (κ1) is 13.9. The molecule has 0 spiro atoms. The normalized spacial score (nSPS) is 11.1. The molecule has 0 aliphatic carbocycles. The molecule has 0 unspecified atom stereocenters. The van der Waals surface area contributed by atoms with Crippen LogP contribution in [0.4, 0.5) is 15.8 Å². The molecule has 3 N–H and O–H groups in total. The van der Waals surface area contributed by atoms with Crippen molar-refractivity contribution in [2.24, 2.45) is 0 Å². The van der Waals surface area contributed by atoms with Crippen LogP contribution in [0.3, 0.4) is 0 Å². The molecule has 0 bridgehead atoms. The lowest BCUT2D eigenvalue weighted by Crippen LogP contribution is -2.40. The van der Waals surface area contributed by atoms with Gasteiger partial charge in [0.1, 0.15) is 5.56 Å². The summed E-state index contributed by atoms with van der Waals surface area (Å²) in [7, 11) is 0. The number of carbonyl (C=O) groups is 1. The maximum absolute atomic E-state index is 13.2. The predicted molar refractivity (Wildman–Crippen MR) is 64.7 cm³/mol. The number of nitro groups is 1. The number of nitrogens with one attached hydrogen (secondary N) is 1. The van der Waals surface area contributed by atoms with Crippen molar-refractivity contribution in [1.29, 1.82) is 0 Å². The summed E-state index contributed by atoms with van der Waals surface area (Å²) in [5.41, 5.74) is 3.58. The lowest BCUT2D eigenvalue weighted by Gasteiger charge is -2.20. The predicted octanol–water partition coefficient (Wildman–Crippen LogP) is 1.84. The van der Waals surface area contributed by atoms with Gasteiger partial charge in [0.05, 0.1) is 16.7 Å². The first-order chi connectivity index (χ1) is 8.11. The van der Waals surface area contributed by atoms with E-state index in [1.807, 2.05) is 0 Å². The van der Waals surface area contributed by atoms with Crippen LogP contribution in [-0.2, 0) is 0 Å². The fraction of sp³-hybridized carbons (Fsp3) is 0.364. The molecule has 1 rings (SSSR count). The maximum atomic E-state index is 13.2. The number of nitro benzene ring substituents is 1. The number of halogens is 1. The minimum absolute atomic E-state index is 0.256. The van der Waals surface area contributed by atoms with Crippen LogP contribution in [0.1, 0.15) is 31.1 Å². The smallest absolute Gasteiger partial charge is 0.285 e. The first-order valence-corrected chi connectivity index (χ1v) is 5.18. The zero-order valence-electron chi connectivity index (χ0n) is 10.3. The Kier molecular flexibility index (Phi) is 3.54. The fourth-order valence-corrected chi connectivity index (χ4v) is 1.32. The maximum Gasteiger partial charge on any atom is 0.285 e. The van der Waals surface area contributed by atoms with Crippen LogP contribution in [0.2, 0.25) is 0 Å². The number of amides is 1. The second kappa shape index (κ2) is 4.59. The number of nitrogen functional groups attached to an aromatic ring is 1.